The van der Waals surface area contributed by atoms with Gasteiger partial charge in [-0.25, -0.2) is 4.79 Å². The number of rotatable bonds is 19. The largest absolute Gasteiger partial charge is 0.497 e. The van der Waals surface area contributed by atoms with Crippen molar-refractivity contribution in [3.05, 3.63) is 59.9 Å². The molecule has 0 saturated carbocycles. The van der Waals surface area contributed by atoms with Gasteiger partial charge in [-0.15, -0.1) is 12.4 Å². The minimum Gasteiger partial charge on any atom is -0.497 e. The summed E-state index contributed by atoms with van der Waals surface area (Å²) in [5, 5.41) is 18.1. The first-order valence-electron chi connectivity index (χ1n) is 20.1. The quantitative estimate of drug-likeness (QED) is 0.0513. The van der Waals surface area contributed by atoms with E-state index < -0.39 is 6.04 Å². The molecule has 2 heterocycles. The highest BCUT2D eigenvalue weighted by atomic mass is 35.5. The Morgan fingerprint density at radius 2 is 1.14 bits per heavy atom. The van der Waals surface area contributed by atoms with Crippen molar-refractivity contribution in [2.75, 3.05) is 44.5 Å². The number of methoxy groups -OCH3 is 2. The molecule has 4 rings (SSSR count). The van der Waals surface area contributed by atoms with E-state index in [9.17, 15) is 9.59 Å². The van der Waals surface area contributed by atoms with Crippen molar-refractivity contribution >= 4 is 57.5 Å². The lowest BCUT2D eigenvalue weighted by Gasteiger charge is -2.22. The zero-order valence-corrected chi connectivity index (χ0v) is 36.5. The van der Waals surface area contributed by atoms with E-state index in [1.54, 1.807) is 14.2 Å². The van der Waals surface area contributed by atoms with E-state index in [-0.39, 0.29) is 47.3 Å². The number of pyridine rings is 2. The maximum Gasteiger partial charge on any atom is 0.315 e. The van der Waals surface area contributed by atoms with E-state index in [1.165, 1.54) is 0 Å². The second kappa shape index (κ2) is 21.3. The number of nitrogens with zero attached hydrogens (tertiary/aromatic N) is 2. The molecule has 4 aromatic rings. The zero-order valence-electron chi connectivity index (χ0n) is 35.7. The van der Waals surface area contributed by atoms with Gasteiger partial charge in [-0.1, -0.05) is 53.7 Å². The van der Waals surface area contributed by atoms with Crippen LogP contribution in [0, 0.1) is 0 Å². The van der Waals surface area contributed by atoms with Crippen LogP contribution in [-0.2, 0) is 15.6 Å². The predicted molar refractivity (Wildman–Crippen MR) is 237 cm³/mol. The molecule has 0 spiro atoms. The zero-order chi connectivity index (χ0) is 41.0. The van der Waals surface area contributed by atoms with Crippen molar-refractivity contribution in [1.29, 1.82) is 0 Å². The molecule has 7 N–H and O–H groups in total. The van der Waals surface area contributed by atoms with Crippen LogP contribution in [0.3, 0.4) is 0 Å². The number of nitrogens with two attached hydrogens (primary N) is 1. The Balaban J connectivity index is 0.00000870. The number of amides is 3. The van der Waals surface area contributed by atoms with Crippen LogP contribution in [0.25, 0.3) is 21.8 Å². The molecule has 0 bridgehead atoms. The Kier molecular flexibility index (Phi) is 17.5. The van der Waals surface area contributed by atoms with Gasteiger partial charge in [-0.2, -0.15) is 0 Å². The number of hydrogen-bond acceptors (Lipinski definition) is 9. The third-order valence-corrected chi connectivity index (χ3v) is 9.88. The molecule has 0 aliphatic heterocycles. The number of nitrogens with one attached hydrogen (secondary N) is 5. The average molecular weight is 808 g/mol. The summed E-state index contributed by atoms with van der Waals surface area (Å²) in [4.78, 5) is 36.1. The molecular formula is C44H67ClN8O4. The average Bonchev–Trinajstić information content (AvgIpc) is 3.15. The fourth-order valence-corrected chi connectivity index (χ4v) is 6.54. The molecule has 2 aromatic heterocycles. The molecule has 0 fully saturated rings. The van der Waals surface area contributed by atoms with Crippen LogP contribution in [0.4, 0.5) is 16.2 Å². The fourth-order valence-electron chi connectivity index (χ4n) is 6.54. The molecule has 0 radical (unpaired) electrons. The van der Waals surface area contributed by atoms with E-state index in [4.69, 9.17) is 25.2 Å². The van der Waals surface area contributed by atoms with Crippen LogP contribution in [-0.4, -0.2) is 73.9 Å². The second-order valence-corrected chi connectivity index (χ2v) is 16.9. The Labute approximate surface area is 346 Å². The maximum atomic E-state index is 13.2. The van der Waals surface area contributed by atoms with E-state index in [2.05, 4.69) is 106 Å². The minimum absolute atomic E-state index is 0. The molecule has 0 aliphatic carbocycles. The summed E-state index contributed by atoms with van der Waals surface area (Å²) in [6.07, 6.45) is 4.20. The summed E-state index contributed by atoms with van der Waals surface area (Å²) in [5.74, 6) is 1.32. The first kappa shape index (κ1) is 46.8. The topological polar surface area (TPSA) is 165 Å². The first-order chi connectivity index (χ1) is 26.5. The molecular weight excluding hydrogens is 740 g/mol. The number of carbonyl (C=O) groups excluding carboxylic acids is 2. The summed E-state index contributed by atoms with van der Waals surface area (Å²) in [6, 6.07) is 15.5. The number of halogens is 1. The fraction of sp³-hybridized carbons (Fsp3) is 0.545. The van der Waals surface area contributed by atoms with E-state index in [0.717, 1.165) is 81.8 Å². The van der Waals surface area contributed by atoms with Crippen LogP contribution in [0.1, 0.15) is 105 Å². The van der Waals surface area contributed by atoms with Gasteiger partial charge in [0.2, 0.25) is 5.91 Å². The van der Waals surface area contributed by atoms with Crippen molar-refractivity contribution in [2.24, 2.45) is 5.73 Å². The summed E-state index contributed by atoms with van der Waals surface area (Å²) < 4.78 is 11.1. The number of hydrogen-bond donors (Lipinski definition) is 6. The first-order valence-corrected chi connectivity index (χ1v) is 20.1. The molecule has 2 unspecified atom stereocenters. The highest BCUT2D eigenvalue weighted by molar-refractivity contribution is 5.93. The molecule has 3 amide bonds. The number of benzene rings is 2. The number of ether oxygens (including phenoxy) is 2. The van der Waals surface area contributed by atoms with Crippen LogP contribution >= 0.6 is 12.4 Å². The number of carbonyl (C=O) groups is 2. The third-order valence-electron chi connectivity index (χ3n) is 9.88. The van der Waals surface area contributed by atoms with Crippen LogP contribution < -0.4 is 41.8 Å². The Hall–Kier alpha value is -4.55. The molecule has 3 atom stereocenters. The monoisotopic (exact) mass is 806 g/mol. The van der Waals surface area contributed by atoms with Gasteiger partial charge in [0.25, 0.3) is 0 Å². The van der Waals surface area contributed by atoms with Crippen LogP contribution in [0.5, 0.6) is 11.5 Å². The number of anilines is 2. The van der Waals surface area contributed by atoms with Crippen molar-refractivity contribution in [3.63, 3.8) is 0 Å². The smallest absolute Gasteiger partial charge is 0.315 e. The van der Waals surface area contributed by atoms with Crippen LogP contribution in [0.15, 0.2) is 48.5 Å². The van der Waals surface area contributed by atoms with Gasteiger partial charge in [0, 0.05) is 70.3 Å². The molecule has 0 aliphatic rings. The highest BCUT2D eigenvalue weighted by Crippen LogP contribution is 2.33. The van der Waals surface area contributed by atoms with Gasteiger partial charge >= 0.3 is 6.03 Å². The van der Waals surface area contributed by atoms with Gasteiger partial charge < -0.3 is 41.8 Å². The lowest BCUT2D eigenvalue weighted by Crippen LogP contribution is -2.50. The van der Waals surface area contributed by atoms with Crippen LogP contribution in [0.2, 0.25) is 0 Å². The Morgan fingerprint density at radius 1 is 0.684 bits per heavy atom. The van der Waals surface area contributed by atoms with Gasteiger partial charge in [-0.05, 0) is 83.2 Å². The Bertz CT molecular complexity index is 1930. The minimum atomic E-state index is -0.673. The highest BCUT2D eigenvalue weighted by Gasteiger charge is 2.22. The molecule has 2 aromatic carbocycles. The Morgan fingerprint density at radius 3 is 1.56 bits per heavy atom. The van der Waals surface area contributed by atoms with Gasteiger partial charge in [0.1, 0.15) is 17.5 Å². The van der Waals surface area contributed by atoms with E-state index >= 15 is 0 Å². The van der Waals surface area contributed by atoms with E-state index in [0.29, 0.717) is 32.5 Å². The van der Waals surface area contributed by atoms with Crippen molar-refractivity contribution in [3.8, 4) is 11.5 Å². The normalized spacial score (nSPS) is 13.2. The molecule has 0 saturated heterocycles. The summed E-state index contributed by atoms with van der Waals surface area (Å²) >= 11 is 0. The van der Waals surface area contributed by atoms with Crippen molar-refractivity contribution < 1.29 is 19.1 Å². The van der Waals surface area contributed by atoms with Gasteiger partial charge in [0.15, 0.2) is 0 Å². The SMILES string of the molecule is COc1cc(NC(C)CCCNC(=O)N[C@@H](CCCN)C(=O)NCCCC(C)Nc2cc(OC)cc3ccc(C(C)(C)C)nc23)c2nc(C(C)(C)C)ccc2c1.Cl. The van der Waals surface area contributed by atoms with Crippen molar-refractivity contribution in [2.45, 2.75) is 123 Å². The lowest BCUT2D eigenvalue weighted by molar-refractivity contribution is -0.123. The standard InChI is InChI=1S/C44H66N8O4.ClH/c1-28(48-35-26-32(55-9)24-30-17-19-37(43(3,4)5)51-39(30)35)14-12-22-46-41(53)34(16-11-21-45)50-42(54)47-23-13-15-29(2)49-36-27-33(56-10)25-31-18-20-38(44(6,7)8)52-40(31)36;/h17-20,24-29,34,48-49H,11-16,21-23,45H2,1-10H3,(H,46,53)(H2,47,50,54);1H/t28?,29?,34-;/m0./s1. The van der Waals surface area contributed by atoms with Gasteiger partial charge in [-0.3, -0.25) is 14.8 Å². The number of fused-ring (bicyclic) bond motifs is 2. The predicted octanol–water partition coefficient (Wildman–Crippen LogP) is 8.20. The van der Waals surface area contributed by atoms with Crippen molar-refractivity contribution in [1.82, 2.24) is 25.9 Å². The lowest BCUT2D eigenvalue weighted by atomic mass is 9.91. The maximum absolute atomic E-state index is 13.2. The second-order valence-electron chi connectivity index (χ2n) is 16.9. The van der Waals surface area contributed by atoms with E-state index in [1.807, 2.05) is 24.3 Å². The number of urea groups is 1. The third kappa shape index (κ3) is 13.8. The summed E-state index contributed by atoms with van der Waals surface area (Å²) in [6.45, 7) is 18.6. The summed E-state index contributed by atoms with van der Waals surface area (Å²) in [5.41, 5.74) is 11.3. The number of aromatic nitrogens is 2. The molecule has 12 nitrogen and oxygen atoms in total. The molecule has 57 heavy (non-hydrogen) atoms. The molecule has 314 valence electrons. The summed E-state index contributed by atoms with van der Waals surface area (Å²) in [7, 11) is 3.33. The van der Waals surface area contributed by atoms with Gasteiger partial charge in [0.05, 0.1) is 36.6 Å². The molecule has 13 heteroatoms.